The Bertz CT molecular complexity index is 837. The number of hydrogen-bond donors (Lipinski definition) is 0. The number of piperazine rings is 1. The van der Waals surface area contributed by atoms with Gasteiger partial charge in [-0.3, -0.25) is 10.1 Å². The molecule has 9 nitrogen and oxygen atoms in total. The van der Waals surface area contributed by atoms with E-state index in [0.717, 1.165) is 11.3 Å². The maximum atomic E-state index is 10.7. The monoisotopic (exact) mass is 339 g/mol. The molecule has 1 saturated heterocycles. The van der Waals surface area contributed by atoms with Crippen molar-refractivity contribution < 1.29 is 4.92 Å². The number of pyridine rings is 1. The molecule has 1 aliphatic heterocycles. The number of rotatable bonds is 3. The number of hydrogen-bond acceptors (Lipinski definition) is 8. The lowest BCUT2D eigenvalue weighted by Crippen LogP contribution is -2.47. The number of aryl methyl sites for hydroxylation is 1. The van der Waals surface area contributed by atoms with Crippen LogP contribution in [0.2, 0.25) is 0 Å². The van der Waals surface area contributed by atoms with Crippen molar-refractivity contribution in [3.05, 3.63) is 45.3 Å². The molecule has 0 amide bonds. The highest BCUT2D eigenvalue weighted by Crippen LogP contribution is 2.24. The second-order valence-corrected chi connectivity index (χ2v) is 5.83. The number of aromatic nitrogens is 3. The summed E-state index contributed by atoms with van der Waals surface area (Å²) in [7, 11) is 0. The average Bonchev–Trinajstić information content (AvgIpc) is 2.64. The molecule has 0 N–H and O–H groups in total. The Morgan fingerprint density at radius 1 is 1.16 bits per heavy atom. The van der Waals surface area contributed by atoms with Crippen molar-refractivity contribution in [2.24, 2.45) is 0 Å². The molecule has 0 aromatic carbocycles. The van der Waals surface area contributed by atoms with Crippen LogP contribution in [0, 0.1) is 35.3 Å². The third kappa shape index (κ3) is 3.19. The van der Waals surface area contributed by atoms with Gasteiger partial charge < -0.3 is 9.80 Å². The second-order valence-electron chi connectivity index (χ2n) is 5.83. The topological polar surface area (TPSA) is 112 Å². The largest absolute Gasteiger partial charge is 0.353 e. The minimum absolute atomic E-state index is 0.0218. The van der Waals surface area contributed by atoms with Crippen molar-refractivity contribution in [1.82, 2.24) is 15.2 Å². The molecule has 3 heterocycles. The average molecular weight is 339 g/mol. The van der Waals surface area contributed by atoms with Gasteiger partial charge in [-0.2, -0.15) is 10.4 Å². The quantitative estimate of drug-likeness (QED) is 0.612. The predicted molar refractivity (Wildman–Crippen MR) is 91.5 cm³/mol. The zero-order chi connectivity index (χ0) is 18.0. The molecular weight excluding hydrogens is 322 g/mol. The maximum absolute atomic E-state index is 10.7. The lowest BCUT2D eigenvalue weighted by Gasteiger charge is -2.36. The van der Waals surface area contributed by atoms with Crippen LogP contribution in [0.15, 0.2) is 18.3 Å². The molecule has 9 heteroatoms. The van der Waals surface area contributed by atoms with E-state index in [2.05, 4.69) is 26.2 Å². The van der Waals surface area contributed by atoms with E-state index in [1.807, 2.05) is 18.7 Å². The Morgan fingerprint density at radius 3 is 2.40 bits per heavy atom. The van der Waals surface area contributed by atoms with Crippen LogP contribution in [0.1, 0.15) is 16.8 Å². The van der Waals surface area contributed by atoms with E-state index in [1.165, 1.54) is 12.3 Å². The first kappa shape index (κ1) is 16.6. The van der Waals surface area contributed by atoms with Crippen LogP contribution in [-0.4, -0.2) is 46.3 Å². The van der Waals surface area contributed by atoms with Crippen molar-refractivity contribution in [1.29, 1.82) is 5.26 Å². The summed E-state index contributed by atoms with van der Waals surface area (Å²) in [6, 6.07) is 5.34. The third-order valence-corrected chi connectivity index (χ3v) is 4.39. The van der Waals surface area contributed by atoms with Crippen molar-refractivity contribution in [3.63, 3.8) is 0 Å². The lowest BCUT2D eigenvalue weighted by atomic mass is 10.1. The molecule has 0 atom stereocenters. The molecule has 0 unspecified atom stereocenters. The molecule has 0 saturated carbocycles. The minimum atomic E-state index is -0.462. The molecule has 1 aliphatic rings. The molecule has 128 valence electrons. The van der Waals surface area contributed by atoms with E-state index in [4.69, 9.17) is 0 Å². The number of nitro groups is 1. The molecule has 25 heavy (non-hydrogen) atoms. The molecule has 0 aliphatic carbocycles. The zero-order valence-electron chi connectivity index (χ0n) is 14.0. The van der Waals surface area contributed by atoms with Crippen molar-refractivity contribution in [2.45, 2.75) is 13.8 Å². The first-order valence-electron chi connectivity index (χ1n) is 7.85. The number of nitriles is 1. The molecule has 3 rings (SSSR count). The van der Waals surface area contributed by atoms with Gasteiger partial charge in [0.25, 0.3) is 5.69 Å². The predicted octanol–water partition coefficient (Wildman–Crippen LogP) is 1.59. The van der Waals surface area contributed by atoms with Gasteiger partial charge in [-0.25, -0.2) is 4.98 Å². The van der Waals surface area contributed by atoms with E-state index < -0.39 is 4.92 Å². The maximum Gasteiger partial charge on any atom is 0.287 e. The van der Waals surface area contributed by atoms with Crippen molar-refractivity contribution >= 4 is 17.3 Å². The Labute approximate surface area is 144 Å². The van der Waals surface area contributed by atoms with Gasteiger partial charge in [-0.05, 0) is 25.5 Å². The van der Waals surface area contributed by atoms with Gasteiger partial charge in [0.2, 0.25) is 0 Å². The van der Waals surface area contributed by atoms with Gasteiger partial charge in [-0.1, -0.05) is 0 Å². The summed E-state index contributed by atoms with van der Waals surface area (Å²) in [5.74, 6) is 1.32. The minimum Gasteiger partial charge on any atom is -0.353 e. The Balaban J connectivity index is 1.73. The highest BCUT2D eigenvalue weighted by Gasteiger charge is 2.23. The van der Waals surface area contributed by atoms with Crippen LogP contribution in [0.4, 0.5) is 17.3 Å². The molecule has 0 bridgehead atoms. The van der Waals surface area contributed by atoms with E-state index >= 15 is 0 Å². The van der Waals surface area contributed by atoms with E-state index in [-0.39, 0.29) is 5.69 Å². The highest BCUT2D eigenvalue weighted by atomic mass is 16.6. The van der Waals surface area contributed by atoms with Gasteiger partial charge in [0, 0.05) is 32.2 Å². The normalized spacial score (nSPS) is 14.3. The van der Waals surface area contributed by atoms with Gasteiger partial charge >= 0.3 is 0 Å². The van der Waals surface area contributed by atoms with Crippen molar-refractivity contribution in [2.75, 3.05) is 36.0 Å². The van der Waals surface area contributed by atoms with Gasteiger partial charge in [-0.15, -0.1) is 5.10 Å². The molecule has 1 fully saturated rings. The Hall–Kier alpha value is -3.28. The van der Waals surface area contributed by atoms with Gasteiger partial charge in [0.05, 0.1) is 10.6 Å². The van der Waals surface area contributed by atoms with Crippen LogP contribution in [-0.2, 0) is 0 Å². The van der Waals surface area contributed by atoms with Crippen LogP contribution in [0.25, 0.3) is 0 Å². The fourth-order valence-electron chi connectivity index (χ4n) is 2.77. The summed E-state index contributed by atoms with van der Waals surface area (Å²) < 4.78 is 0. The molecule has 2 aromatic rings. The fourth-order valence-corrected chi connectivity index (χ4v) is 2.77. The first-order valence-corrected chi connectivity index (χ1v) is 7.85. The SMILES string of the molecule is Cc1nnc(N2CCN(c3ccc([N+](=O)[O-])cn3)CC2)c(C#N)c1C. The second kappa shape index (κ2) is 6.68. The smallest absolute Gasteiger partial charge is 0.287 e. The number of nitrogens with zero attached hydrogens (tertiary/aromatic N) is 7. The highest BCUT2D eigenvalue weighted by molar-refractivity contribution is 5.58. The Morgan fingerprint density at radius 2 is 1.84 bits per heavy atom. The molecular formula is C16H17N7O2. The van der Waals surface area contributed by atoms with Crippen LogP contribution < -0.4 is 9.80 Å². The summed E-state index contributed by atoms with van der Waals surface area (Å²) in [4.78, 5) is 18.5. The summed E-state index contributed by atoms with van der Waals surface area (Å²) in [6.07, 6.45) is 1.27. The van der Waals surface area contributed by atoms with E-state index in [9.17, 15) is 15.4 Å². The summed E-state index contributed by atoms with van der Waals surface area (Å²) in [5, 5.41) is 28.5. The first-order chi connectivity index (χ1) is 12.0. The Kier molecular flexibility index (Phi) is 4.43. The molecule has 0 radical (unpaired) electrons. The van der Waals surface area contributed by atoms with Crippen LogP contribution in [0.3, 0.4) is 0 Å². The van der Waals surface area contributed by atoms with Crippen LogP contribution in [0.5, 0.6) is 0 Å². The summed E-state index contributed by atoms with van der Waals surface area (Å²) >= 11 is 0. The van der Waals surface area contributed by atoms with Gasteiger partial charge in [0.1, 0.15) is 23.6 Å². The van der Waals surface area contributed by atoms with Crippen molar-refractivity contribution in [3.8, 4) is 6.07 Å². The number of anilines is 2. The van der Waals surface area contributed by atoms with Crippen LogP contribution >= 0.6 is 0 Å². The molecule has 2 aromatic heterocycles. The third-order valence-electron chi connectivity index (χ3n) is 4.39. The standard InChI is InChI=1S/C16H17N7O2/c1-11-12(2)19-20-16(14(11)9-17)22-7-5-21(6-8-22)15-4-3-13(10-18-15)23(24)25/h3-4,10H,5-8H2,1-2H3. The van der Waals surface area contributed by atoms with E-state index in [0.29, 0.717) is 43.4 Å². The summed E-state index contributed by atoms with van der Waals surface area (Å²) in [6.45, 7) is 6.43. The van der Waals surface area contributed by atoms with E-state index in [1.54, 1.807) is 6.07 Å². The zero-order valence-corrected chi connectivity index (χ0v) is 14.0. The van der Waals surface area contributed by atoms with Gasteiger partial charge in [0.15, 0.2) is 5.82 Å². The molecule has 0 spiro atoms. The summed E-state index contributed by atoms with van der Waals surface area (Å²) in [5.41, 5.74) is 2.15. The fraction of sp³-hybridized carbons (Fsp3) is 0.375. The lowest BCUT2D eigenvalue weighted by molar-refractivity contribution is -0.385.